The zero-order valence-corrected chi connectivity index (χ0v) is 14.9. The fourth-order valence-electron chi connectivity index (χ4n) is 2.60. The van der Waals surface area contributed by atoms with Crippen LogP contribution in [0.1, 0.15) is 19.4 Å². The van der Waals surface area contributed by atoms with E-state index in [1.165, 1.54) is 13.8 Å². The van der Waals surface area contributed by atoms with Crippen LogP contribution in [0.3, 0.4) is 0 Å². The minimum atomic E-state index is -0.161. The molecular formula is C20H20N4O2. The van der Waals surface area contributed by atoms with Gasteiger partial charge in [0.15, 0.2) is 0 Å². The van der Waals surface area contributed by atoms with Crippen LogP contribution in [0.4, 0.5) is 11.5 Å². The van der Waals surface area contributed by atoms with Gasteiger partial charge in [0.05, 0.1) is 11.4 Å². The molecule has 0 fully saturated rings. The van der Waals surface area contributed by atoms with Gasteiger partial charge in [0.2, 0.25) is 11.8 Å². The lowest BCUT2D eigenvalue weighted by molar-refractivity contribution is -0.115. The summed E-state index contributed by atoms with van der Waals surface area (Å²) in [6, 6.07) is 17.1. The monoisotopic (exact) mass is 348 g/mol. The highest BCUT2D eigenvalue weighted by Crippen LogP contribution is 2.26. The minimum Gasteiger partial charge on any atom is -0.326 e. The molecule has 0 aliphatic carbocycles. The summed E-state index contributed by atoms with van der Waals surface area (Å²) in [5.41, 5.74) is 4.35. The van der Waals surface area contributed by atoms with Gasteiger partial charge < -0.3 is 10.6 Å². The minimum absolute atomic E-state index is 0.116. The number of rotatable bonds is 4. The number of carbonyl (C=O) groups is 2. The summed E-state index contributed by atoms with van der Waals surface area (Å²) >= 11 is 0. The molecule has 26 heavy (non-hydrogen) atoms. The summed E-state index contributed by atoms with van der Waals surface area (Å²) in [5.74, 6) is 0.322. The molecule has 6 heteroatoms. The van der Waals surface area contributed by atoms with Gasteiger partial charge in [-0.05, 0) is 31.2 Å². The van der Waals surface area contributed by atoms with Crippen LogP contribution in [-0.2, 0) is 9.59 Å². The van der Waals surface area contributed by atoms with E-state index in [0.29, 0.717) is 5.82 Å². The normalized spacial score (nSPS) is 10.4. The fourth-order valence-corrected chi connectivity index (χ4v) is 2.60. The molecule has 0 spiro atoms. The topological polar surface area (TPSA) is 76.0 Å². The highest BCUT2D eigenvalue weighted by atomic mass is 16.2. The molecule has 1 heterocycles. The first-order chi connectivity index (χ1) is 12.4. The molecule has 0 aliphatic rings. The molecule has 0 saturated carbocycles. The third-order valence-corrected chi connectivity index (χ3v) is 3.79. The summed E-state index contributed by atoms with van der Waals surface area (Å²) in [4.78, 5) is 22.7. The van der Waals surface area contributed by atoms with E-state index < -0.39 is 0 Å². The number of aryl methyl sites for hydroxylation is 1. The van der Waals surface area contributed by atoms with Gasteiger partial charge in [-0.25, -0.2) is 4.68 Å². The number of amides is 2. The van der Waals surface area contributed by atoms with E-state index in [1.807, 2.05) is 61.5 Å². The smallest absolute Gasteiger partial charge is 0.222 e. The molecule has 6 nitrogen and oxygen atoms in total. The second-order valence-corrected chi connectivity index (χ2v) is 6.10. The Kier molecular flexibility index (Phi) is 4.84. The van der Waals surface area contributed by atoms with Crippen LogP contribution in [0.5, 0.6) is 0 Å². The average molecular weight is 348 g/mol. The van der Waals surface area contributed by atoms with Crippen molar-refractivity contribution in [3.05, 3.63) is 60.2 Å². The second-order valence-electron chi connectivity index (χ2n) is 6.10. The Morgan fingerprint density at radius 1 is 0.885 bits per heavy atom. The highest BCUT2D eigenvalue weighted by Gasteiger charge is 2.12. The van der Waals surface area contributed by atoms with Crippen molar-refractivity contribution >= 4 is 23.3 Å². The molecule has 0 bridgehead atoms. The Balaban J connectivity index is 1.99. The van der Waals surface area contributed by atoms with Crippen LogP contribution in [0.25, 0.3) is 16.9 Å². The Morgan fingerprint density at radius 3 is 2.08 bits per heavy atom. The molecule has 3 aromatic rings. The standard InChI is InChI=1S/C20H20N4O2/c1-13-4-10-18(11-5-13)24-20(22-15(3)26)12-19(23-24)16-6-8-17(9-7-16)21-14(2)25/h4-12H,1-3H3,(H,21,25)(H,22,26). The molecule has 0 atom stereocenters. The molecule has 2 aromatic carbocycles. The predicted octanol–water partition coefficient (Wildman–Crippen LogP) is 3.76. The zero-order valence-electron chi connectivity index (χ0n) is 14.9. The van der Waals surface area contributed by atoms with Crippen LogP contribution < -0.4 is 10.6 Å². The zero-order chi connectivity index (χ0) is 18.7. The lowest BCUT2D eigenvalue weighted by atomic mass is 10.1. The third-order valence-electron chi connectivity index (χ3n) is 3.79. The van der Waals surface area contributed by atoms with Crippen molar-refractivity contribution in [2.75, 3.05) is 10.6 Å². The maximum Gasteiger partial charge on any atom is 0.222 e. The number of hydrogen-bond acceptors (Lipinski definition) is 3. The molecule has 0 radical (unpaired) electrons. The van der Waals surface area contributed by atoms with Crippen molar-refractivity contribution < 1.29 is 9.59 Å². The number of anilines is 2. The van der Waals surface area contributed by atoms with Crippen molar-refractivity contribution in [1.29, 1.82) is 0 Å². The van der Waals surface area contributed by atoms with Gasteiger partial charge in [-0.2, -0.15) is 5.10 Å². The number of benzene rings is 2. The number of nitrogens with one attached hydrogen (secondary N) is 2. The van der Waals surface area contributed by atoms with Gasteiger partial charge in [-0.3, -0.25) is 9.59 Å². The fraction of sp³-hybridized carbons (Fsp3) is 0.150. The molecule has 3 rings (SSSR count). The van der Waals surface area contributed by atoms with Crippen LogP contribution in [0, 0.1) is 6.92 Å². The molecule has 1 aromatic heterocycles. The third kappa shape index (κ3) is 3.97. The van der Waals surface area contributed by atoms with Gasteiger partial charge in [-0.15, -0.1) is 0 Å². The molecule has 0 aliphatic heterocycles. The molecule has 132 valence electrons. The van der Waals surface area contributed by atoms with Crippen LogP contribution in [-0.4, -0.2) is 21.6 Å². The van der Waals surface area contributed by atoms with Gasteiger partial charge in [0.1, 0.15) is 5.82 Å². The lowest BCUT2D eigenvalue weighted by Crippen LogP contribution is -2.10. The van der Waals surface area contributed by atoms with E-state index >= 15 is 0 Å². The van der Waals surface area contributed by atoms with E-state index in [1.54, 1.807) is 4.68 Å². The van der Waals surface area contributed by atoms with Gasteiger partial charge in [0, 0.05) is 31.2 Å². The van der Waals surface area contributed by atoms with Crippen molar-refractivity contribution in [3.63, 3.8) is 0 Å². The summed E-state index contributed by atoms with van der Waals surface area (Å²) in [6.45, 7) is 4.95. The maximum absolute atomic E-state index is 11.6. The van der Waals surface area contributed by atoms with E-state index in [2.05, 4.69) is 15.7 Å². The van der Waals surface area contributed by atoms with Gasteiger partial charge >= 0.3 is 0 Å². The number of carbonyl (C=O) groups excluding carboxylic acids is 2. The Morgan fingerprint density at radius 2 is 1.50 bits per heavy atom. The molecule has 2 amide bonds. The van der Waals surface area contributed by atoms with Gasteiger partial charge in [0.25, 0.3) is 0 Å². The molecule has 0 unspecified atom stereocenters. The first-order valence-electron chi connectivity index (χ1n) is 8.25. The molecule has 2 N–H and O–H groups in total. The maximum atomic E-state index is 11.6. The quantitative estimate of drug-likeness (QED) is 0.754. The predicted molar refractivity (Wildman–Crippen MR) is 102 cm³/mol. The Bertz CT molecular complexity index is 941. The van der Waals surface area contributed by atoms with Gasteiger partial charge in [-0.1, -0.05) is 29.8 Å². The van der Waals surface area contributed by atoms with Crippen molar-refractivity contribution in [1.82, 2.24) is 9.78 Å². The van der Waals surface area contributed by atoms with E-state index in [0.717, 1.165) is 28.2 Å². The molecular weight excluding hydrogens is 328 g/mol. The summed E-state index contributed by atoms with van der Waals surface area (Å²) in [6.07, 6.45) is 0. The Labute approximate surface area is 151 Å². The van der Waals surface area contributed by atoms with E-state index in [-0.39, 0.29) is 11.8 Å². The summed E-state index contributed by atoms with van der Waals surface area (Å²) in [5, 5.41) is 10.2. The number of hydrogen-bond donors (Lipinski definition) is 2. The largest absolute Gasteiger partial charge is 0.326 e. The molecule has 0 saturated heterocycles. The van der Waals surface area contributed by atoms with E-state index in [9.17, 15) is 9.59 Å². The summed E-state index contributed by atoms with van der Waals surface area (Å²) in [7, 11) is 0. The van der Waals surface area contributed by atoms with Crippen LogP contribution in [0.2, 0.25) is 0 Å². The van der Waals surface area contributed by atoms with Crippen molar-refractivity contribution in [3.8, 4) is 16.9 Å². The van der Waals surface area contributed by atoms with Crippen LogP contribution in [0.15, 0.2) is 54.6 Å². The Hall–Kier alpha value is -3.41. The van der Waals surface area contributed by atoms with Crippen LogP contribution >= 0.6 is 0 Å². The average Bonchev–Trinajstić information content (AvgIpc) is 2.99. The second kappa shape index (κ2) is 7.23. The van der Waals surface area contributed by atoms with E-state index in [4.69, 9.17) is 0 Å². The first kappa shape index (κ1) is 17.4. The highest BCUT2D eigenvalue weighted by molar-refractivity contribution is 5.90. The van der Waals surface area contributed by atoms with Crippen molar-refractivity contribution in [2.45, 2.75) is 20.8 Å². The number of aromatic nitrogens is 2. The number of nitrogens with zero attached hydrogens (tertiary/aromatic N) is 2. The van der Waals surface area contributed by atoms with Crippen molar-refractivity contribution in [2.24, 2.45) is 0 Å². The SMILES string of the molecule is CC(=O)Nc1ccc(-c2cc(NC(C)=O)n(-c3ccc(C)cc3)n2)cc1. The first-order valence-corrected chi connectivity index (χ1v) is 8.25. The summed E-state index contributed by atoms with van der Waals surface area (Å²) < 4.78 is 1.71. The lowest BCUT2D eigenvalue weighted by Gasteiger charge is -2.07.